The summed E-state index contributed by atoms with van der Waals surface area (Å²) in [6.45, 7) is 3.87. The first-order valence-electron chi connectivity index (χ1n) is 7.74. The fraction of sp³-hybridized carbons (Fsp3) is 0.500. The van der Waals surface area contributed by atoms with Crippen LogP contribution in [0.4, 0.5) is 4.79 Å². The van der Waals surface area contributed by atoms with E-state index in [9.17, 15) is 9.59 Å². The maximum Gasteiger partial charge on any atom is 0.326 e. The molecule has 0 bridgehead atoms. The van der Waals surface area contributed by atoms with Crippen molar-refractivity contribution in [3.8, 4) is 0 Å². The Bertz CT molecular complexity index is 646. The Morgan fingerprint density at radius 3 is 2.48 bits per heavy atom. The van der Waals surface area contributed by atoms with Crippen LogP contribution >= 0.6 is 23.2 Å². The fourth-order valence-corrected chi connectivity index (χ4v) is 3.43. The molecule has 3 rings (SSSR count). The van der Waals surface area contributed by atoms with Gasteiger partial charge in [0.1, 0.15) is 5.54 Å². The van der Waals surface area contributed by atoms with Gasteiger partial charge in [-0.25, -0.2) is 9.69 Å². The number of hydrogen-bond acceptors (Lipinski definition) is 3. The molecule has 2 aliphatic heterocycles. The monoisotopic (exact) mass is 355 g/mol. The molecule has 0 saturated carbocycles. The number of hydrogen-bond donors (Lipinski definition) is 1. The summed E-state index contributed by atoms with van der Waals surface area (Å²) >= 11 is 12.0. The number of carbonyl (C=O) groups excluding carboxylic acids is 2. The summed E-state index contributed by atoms with van der Waals surface area (Å²) in [5.41, 5.74) is -0.479. The molecule has 0 aromatic heterocycles. The van der Waals surface area contributed by atoms with Gasteiger partial charge in [0.15, 0.2) is 0 Å². The van der Waals surface area contributed by atoms with Crippen LogP contribution in [-0.2, 0) is 10.3 Å². The Labute approximate surface area is 145 Å². The predicted molar refractivity (Wildman–Crippen MR) is 89.5 cm³/mol. The van der Waals surface area contributed by atoms with Crippen molar-refractivity contribution >= 4 is 35.1 Å². The van der Waals surface area contributed by atoms with Crippen LogP contribution < -0.4 is 5.32 Å². The lowest BCUT2D eigenvalue weighted by atomic mass is 9.92. The normalized spacial score (nSPS) is 25.8. The van der Waals surface area contributed by atoms with E-state index in [4.69, 9.17) is 23.2 Å². The van der Waals surface area contributed by atoms with Crippen LogP contribution in [0.3, 0.4) is 0 Å². The van der Waals surface area contributed by atoms with E-state index in [2.05, 4.69) is 10.2 Å². The molecular weight excluding hydrogens is 337 g/mol. The molecule has 1 N–H and O–H groups in total. The molecule has 0 spiro atoms. The van der Waals surface area contributed by atoms with Gasteiger partial charge in [-0.05, 0) is 50.6 Å². The summed E-state index contributed by atoms with van der Waals surface area (Å²) in [7, 11) is 0. The summed E-state index contributed by atoms with van der Waals surface area (Å²) < 4.78 is 0. The minimum Gasteiger partial charge on any atom is -0.319 e. The van der Waals surface area contributed by atoms with Gasteiger partial charge in [0.05, 0.1) is 16.7 Å². The number of rotatable bonds is 3. The van der Waals surface area contributed by atoms with Gasteiger partial charge in [0, 0.05) is 0 Å². The molecule has 7 heteroatoms. The van der Waals surface area contributed by atoms with Crippen molar-refractivity contribution in [2.45, 2.75) is 31.7 Å². The van der Waals surface area contributed by atoms with Crippen LogP contribution in [0.15, 0.2) is 18.2 Å². The fourth-order valence-electron chi connectivity index (χ4n) is 3.13. The molecule has 2 aliphatic rings. The van der Waals surface area contributed by atoms with Crippen LogP contribution in [-0.4, -0.2) is 41.5 Å². The molecule has 0 unspecified atom stereocenters. The van der Waals surface area contributed by atoms with Gasteiger partial charge >= 0.3 is 6.03 Å². The average Bonchev–Trinajstić information content (AvgIpc) is 2.75. The summed E-state index contributed by atoms with van der Waals surface area (Å²) in [5.74, 6) is -0.258. The van der Waals surface area contributed by atoms with E-state index in [-0.39, 0.29) is 11.9 Å². The third-order valence-electron chi connectivity index (χ3n) is 4.56. The minimum atomic E-state index is -1.11. The number of carbonyl (C=O) groups is 2. The van der Waals surface area contributed by atoms with Crippen LogP contribution in [0.1, 0.15) is 31.7 Å². The van der Waals surface area contributed by atoms with Gasteiger partial charge < -0.3 is 5.32 Å². The van der Waals surface area contributed by atoms with Gasteiger partial charge in [0.2, 0.25) is 0 Å². The highest BCUT2D eigenvalue weighted by Gasteiger charge is 2.49. The highest BCUT2D eigenvalue weighted by molar-refractivity contribution is 6.42. The molecule has 3 amide bonds. The van der Waals surface area contributed by atoms with Gasteiger partial charge in [-0.1, -0.05) is 35.7 Å². The number of piperidine rings is 1. The number of urea groups is 1. The van der Waals surface area contributed by atoms with Crippen LogP contribution in [0, 0.1) is 0 Å². The number of nitrogens with zero attached hydrogens (tertiary/aromatic N) is 2. The second-order valence-electron chi connectivity index (χ2n) is 6.24. The van der Waals surface area contributed by atoms with E-state index in [0.717, 1.165) is 25.9 Å². The van der Waals surface area contributed by atoms with Crippen molar-refractivity contribution < 1.29 is 9.59 Å². The maximum absolute atomic E-state index is 12.8. The smallest absolute Gasteiger partial charge is 0.319 e. The highest BCUT2D eigenvalue weighted by atomic mass is 35.5. The molecule has 2 saturated heterocycles. The Morgan fingerprint density at radius 1 is 1.13 bits per heavy atom. The largest absolute Gasteiger partial charge is 0.326 e. The second kappa shape index (κ2) is 6.30. The Hall–Kier alpha value is -1.30. The lowest BCUT2D eigenvalue weighted by Gasteiger charge is -2.30. The summed E-state index contributed by atoms with van der Waals surface area (Å²) in [4.78, 5) is 28.6. The molecule has 1 aromatic carbocycles. The van der Waals surface area contributed by atoms with E-state index in [1.807, 2.05) is 0 Å². The number of imide groups is 1. The minimum absolute atomic E-state index is 0.258. The lowest BCUT2D eigenvalue weighted by molar-refractivity contribution is -0.132. The van der Waals surface area contributed by atoms with Crippen molar-refractivity contribution in [2.75, 3.05) is 19.8 Å². The van der Waals surface area contributed by atoms with Crippen molar-refractivity contribution in [3.63, 3.8) is 0 Å². The molecule has 0 radical (unpaired) electrons. The van der Waals surface area contributed by atoms with Crippen LogP contribution in [0.2, 0.25) is 10.0 Å². The highest BCUT2D eigenvalue weighted by Crippen LogP contribution is 2.33. The van der Waals surface area contributed by atoms with E-state index in [1.54, 1.807) is 25.1 Å². The maximum atomic E-state index is 12.8. The molecule has 2 heterocycles. The average molecular weight is 356 g/mol. The van der Waals surface area contributed by atoms with Crippen molar-refractivity contribution in [2.24, 2.45) is 0 Å². The number of likely N-dealkylation sites (tertiary alicyclic amines) is 1. The first kappa shape index (κ1) is 16.6. The van der Waals surface area contributed by atoms with Crippen molar-refractivity contribution in [1.29, 1.82) is 0 Å². The summed E-state index contributed by atoms with van der Waals surface area (Å²) in [6.07, 6.45) is 3.42. The topological polar surface area (TPSA) is 52.7 Å². The third-order valence-corrected chi connectivity index (χ3v) is 5.30. The summed E-state index contributed by atoms with van der Waals surface area (Å²) in [6, 6.07) is 4.62. The summed E-state index contributed by atoms with van der Waals surface area (Å²) in [5, 5.41) is 3.57. The first-order chi connectivity index (χ1) is 10.9. The number of halogens is 2. The molecule has 5 nitrogen and oxygen atoms in total. The van der Waals surface area contributed by atoms with Crippen molar-refractivity contribution in [1.82, 2.24) is 15.1 Å². The molecule has 0 aliphatic carbocycles. The molecule has 2 fully saturated rings. The molecular formula is C16H19Cl2N3O2. The molecule has 1 atom stereocenters. The van der Waals surface area contributed by atoms with Crippen molar-refractivity contribution in [3.05, 3.63) is 33.8 Å². The zero-order valence-corrected chi connectivity index (χ0v) is 14.5. The quantitative estimate of drug-likeness (QED) is 0.847. The van der Waals surface area contributed by atoms with Gasteiger partial charge in [-0.2, -0.15) is 0 Å². The Morgan fingerprint density at radius 2 is 1.83 bits per heavy atom. The van der Waals surface area contributed by atoms with Gasteiger partial charge in [-0.3, -0.25) is 9.69 Å². The van der Waals surface area contributed by atoms with Gasteiger partial charge in [0.25, 0.3) is 5.91 Å². The van der Waals surface area contributed by atoms with E-state index < -0.39 is 5.54 Å². The van der Waals surface area contributed by atoms with Crippen LogP contribution in [0.25, 0.3) is 0 Å². The standard InChI is InChI=1S/C16H19Cl2N3O2/c1-16(11-5-6-12(17)13(18)9-11)14(22)21(15(23)19-16)10-20-7-3-2-4-8-20/h5-6,9H,2-4,7-8,10H2,1H3,(H,19,23)/t16-/m1/s1. The van der Waals surface area contributed by atoms with E-state index >= 15 is 0 Å². The second-order valence-corrected chi connectivity index (χ2v) is 7.05. The Balaban J connectivity index is 1.82. The first-order valence-corrected chi connectivity index (χ1v) is 8.49. The lowest BCUT2D eigenvalue weighted by Crippen LogP contribution is -2.45. The number of amides is 3. The third kappa shape index (κ3) is 3.05. The SMILES string of the molecule is C[C@]1(c2ccc(Cl)c(Cl)c2)NC(=O)N(CN2CCCCC2)C1=O. The number of benzene rings is 1. The van der Waals surface area contributed by atoms with Gasteiger partial charge in [-0.15, -0.1) is 0 Å². The zero-order chi connectivity index (χ0) is 16.6. The molecule has 124 valence electrons. The molecule has 1 aromatic rings. The zero-order valence-electron chi connectivity index (χ0n) is 12.9. The van der Waals surface area contributed by atoms with E-state index in [1.165, 1.54) is 11.3 Å². The van der Waals surface area contributed by atoms with E-state index in [0.29, 0.717) is 22.3 Å². The Kier molecular flexibility index (Phi) is 4.54. The molecule has 23 heavy (non-hydrogen) atoms. The number of nitrogens with one attached hydrogen (secondary N) is 1. The van der Waals surface area contributed by atoms with Crippen LogP contribution in [0.5, 0.6) is 0 Å². The predicted octanol–water partition coefficient (Wildman–Crippen LogP) is 3.20.